The Morgan fingerprint density at radius 1 is 1.53 bits per heavy atom. The minimum Gasteiger partial charge on any atom is -0.485 e. The monoisotopic (exact) mass is 257 g/mol. The summed E-state index contributed by atoms with van der Waals surface area (Å²) >= 11 is 0. The van der Waals surface area contributed by atoms with Crippen LogP contribution in [0.5, 0.6) is 5.75 Å². The van der Waals surface area contributed by atoms with Gasteiger partial charge in [0.05, 0.1) is 18.4 Å². The molecule has 0 radical (unpaired) electrons. The Morgan fingerprint density at radius 3 is 2.94 bits per heavy atom. The summed E-state index contributed by atoms with van der Waals surface area (Å²) in [5.41, 5.74) is 6.11. The van der Waals surface area contributed by atoms with Crippen LogP contribution in [-0.2, 0) is 4.74 Å². The lowest BCUT2D eigenvalue weighted by Crippen LogP contribution is -2.31. The first-order valence-electron chi connectivity index (χ1n) is 5.69. The number of benzene rings is 1. The van der Waals surface area contributed by atoms with E-state index in [0.29, 0.717) is 17.6 Å². The fourth-order valence-corrected chi connectivity index (χ4v) is 2.32. The van der Waals surface area contributed by atoms with E-state index in [-0.39, 0.29) is 18.0 Å². The quantitative estimate of drug-likeness (QED) is 0.649. The average Bonchev–Trinajstić information content (AvgIpc) is 2.23. The van der Waals surface area contributed by atoms with Crippen molar-refractivity contribution in [1.29, 1.82) is 0 Å². The molecule has 0 bridgehead atoms. The maximum atomic E-state index is 13.7. The van der Waals surface area contributed by atoms with Crippen molar-refractivity contribution in [3.05, 3.63) is 17.9 Å². The van der Waals surface area contributed by atoms with E-state index in [9.17, 15) is 4.39 Å². The second-order valence-corrected chi connectivity index (χ2v) is 5.03. The molecule has 2 N–H and O–H groups in total. The molecule has 1 saturated heterocycles. The smallest absolute Gasteiger partial charge is 0.178 e. The molecule has 3 atom stereocenters. The van der Waals surface area contributed by atoms with E-state index in [1.54, 1.807) is 6.07 Å². The minimum absolute atomic E-state index is 0.0223. The number of nitrogens with two attached hydrogens (primary N) is 1. The summed E-state index contributed by atoms with van der Waals surface area (Å²) in [6.07, 6.45) is 1.66. The lowest BCUT2D eigenvalue weighted by Gasteiger charge is -2.28. The Morgan fingerprint density at radius 2 is 2.29 bits per heavy atom. The van der Waals surface area contributed by atoms with Crippen molar-refractivity contribution in [2.45, 2.75) is 32.0 Å². The highest BCUT2D eigenvalue weighted by Crippen LogP contribution is 2.28. The van der Waals surface area contributed by atoms with Gasteiger partial charge in [0.1, 0.15) is 6.10 Å². The molecule has 0 aliphatic carbocycles. The van der Waals surface area contributed by atoms with Crippen molar-refractivity contribution < 1.29 is 13.9 Å². The normalized spacial score (nSPS) is 24.6. The van der Waals surface area contributed by atoms with E-state index in [2.05, 4.69) is 9.24 Å². The predicted octanol–water partition coefficient (Wildman–Crippen LogP) is 1.85. The molecule has 3 nitrogen and oxygen atoms in total. The molecule has 1 aliphatic rings. The molecule has 0 amide bonds. The van der Waals surface area contributed by atoms with Crippen LogP contribution >= 0.6 is 9.24 Å². The van der Waals surface area contributed by atoms with Gasteiger partial charge >= 0.3 is 0 Å². The van der Waals surface area contributed by atoms with Crippen LogP contribution < -0.4 is 15.8 Å². The largest absolute Gasteiger partial charge is 0.485 e. The summed E-state index contributed by atoms with van der Waals surface area (Å²) in [7, 11) is 2.42. The van der Waals surface area contributed by atoms with E-state index < -0.39 is 5.82 Å². The molecule has 1 aromatic carbocycles. The Kier molecular flexibility index (Phi) is 3.85. The maximum absolute atomic E-state index is 13.7. The Labute approximate surface area is 103 Å². The number of anilines is 1. The average molecular weight is 257 g/mol. The van der Waals surface area contributed by atoms with E-state index in [1.165, 1.54) is 6.07 Å². The fourth-order valence-electron chi connectivity index (χ4n) is 1.99. The second kappa shape index (κ2) is 5.19. The van der Waals surface area contributed by atoms with Crippen molar-refractivity contribution in [3.63, 3.8) is 0 Å². The van der Waals surface area contributed by atoms with Gasteiger partial charge in [0, 0.05) is 12.8 Å². The van der Waals surface area contributed by atoms with Gasteiger partial charge in [0.15, 0.2) is 11.6 Å². The zero-order valence-electron chi connectivity index (χ0n) is 9.78. The number of nitrogen functional groups attached to an aromatic ring is 1. The number of hydrogen-bond acceptors (Lipinski definition) is 3. The van der Waals surface area contributed by atoms with Crippen molar-refractivity contribution in [1.82, 2.24) is 0 Å². The molecule has 0 aromatic heterocycles. The van der Waals surface area contributed by atoms with Gasteiger partial charge in [-0.1, -0.05) is 0 Å². The third kappa shape index (κ3) is 3.08. The molecule has 0 saturated carbocycles. The van der Waals surface area contributed by atoms with Gasteiger partial charge in [-0.15, -0.1) is 9.24 Å². The van der Waals surface area contributed by atoms with Gasteiger partial charge in [-0.3, -0.25) is 0 Å². The number of rotatable bonds is 2. The lowest BCUT2D eigenvalue weighted by atomic mass is 10.1. The molecule has 17 heavy (non-hydrogen) atoms. The molecule has 0 spiro atoms. The van der Waals surface area contributed by atoms with Gasteiger partial charge in [-0.2, -0.15) is 0 Å². The maximum Gasteiger partial charge on any atom is 0.178 e. The number of hydrogen-bond donors (Lipinski definition) is 1. The van der Waals surface area contributed by atoms with Gasteiger partial charge in [0.2, 0.25) is 0 Å². The molecule has 3 unspecified atom stereocenters. The van der Waals surface area contributed by atoms with Crippen LogP contribution in [0.15, 0.2) is 12.1 Å². The summed E-state index contributed by atoms with van der Waals surface area (Å²) in [5, 5.41) is 0.715. The first-order valence-corrected chi connectivity index (χ1v) is 6.26. The van der Waals surface area contributed by atoms with Crippen molar-refractivity contribution in [2.75, 3.05) is 12.3 Å². The molecule has 1 fully saturated rings. The zero-order valence-corrected chi connectivity index (χ0v) is 10.9. The van der Waals surface area contributed by atoms with Gasteiger partial charge in [0.25, 0.3) is 0 Å². The van der Waals surface area contributed by atoms with Gasteiger partial charge in [-0.05, 0) is 24.4 Å². The number of halogens is 1. The van der Waals surface area contributed by atoms with Crippen molar-refractivity contribution in [2.24, 2.45) is 0 Å². The highest BCUT2D eigenvalue weighted by Gasteiger charge is 2.22. The van der Waals surface area contributed by atoms with Crippen LogP contribution in [0.2, 0.25) is 0 Å². The van der Waals surface area contributed by atoms with Gasteiger partial charge in [-0.25, -0.2) is 4.39 Å². The lowest BCUT2D eigenvalue weighted by molar-refractivity contribution is -0.0259. The standard InChI is InChI=1S/C12H17FNO2P/c1-7-4-8(2-3-15-7)16-12-10(13)5-9(17)6-11(12)14/h5-8H,2-4,14,17H2,1H3. The number of ether oxygens (including phenoxy) is 2. The van der Waals surface area contributed by atoms with Crippen LogP contribution in [0.4, 0.5) is 10.1 Å². The van der Waals surface area contributed by atoms with E-state index in [0.717, 1.165) is 12.8 Å². The zero-order chi connectivity index (χ0) is 12.4. The van der Waals surface area contributed by atoms with Crippen molar-refractivity contribution >= 4 is 20.2 Å². The highest BCUT2D eigenvalue weighted by atomic mass is 31.0. The van der Waals surface area contributed by atoms with Crippen LogP contribution in [0.1, 0.15) is 19.8 Å². The second-order valence-electron chi connectivity index (χ2n) is 4.37. The molecule has 1 aliphatic heterocycles. The first kappa shape index (κ1) is 12.6. The van der Waals surface area contributed by atoms with E-state index >= 15 is 0 Å². The Hall–Kier alpha value is -0.860. The van der Waals surface area contributed by atoms with Gasteiger partial charge < -0.3 is 15.2 Å². The topological polar surface area (TPSA) is 44.5 Å². The molecule has 2 rings (SSSR count). The SMILES string of the molecule is CC1CC(Oc2c(N)cc(P)cc2F)CCO1. The summed E-state index contributed by atoms with van der Waals surface area (Å²) in [4.78, 5) is 0. The molecular weight excluding hydrogens is 240 g/mol. The molecule has 94 valence electrons. The third-order valence-corrected chi connectivity index (χ3v) is 3.15. The third-order valence-electron chi connectivity index (χ3n) is 2.82. The van der Waals surface area contributed by atoms with Crippen molar-refractivity contribution in [3.8, 4) is 5.75 Å². The summed E-state index contributed by atoms with van der Waals surface area (Å²) in [6, 6.07) is 3.09. The summed E-state index contributed by atoms with van der Waals surface area (Å²) in [6.45, 7) is 2.64. The Bertz CT molecular complexity index is 390. The molecular formula is C12H17FNO2P. The van der Waals surface area contributed by atoms with Crippen LogP contribution in [0, 0.1) is 5.82 Å². The fraction of sp³-hybridized carbons (Fsp3) is 0.500. The Balaban J connectivity index is 2.12. The highest BCUT2D eigenvalue weighted by molar-refractivity contribution is 7.27. The van der Waals surface area contributed by atoms with Crippen LogP contribution in [-0.4, -0.2) is 18.8 Å². The summed E-state index contributed by atoms with van der Waals surface area (Å²) < 4.78 is 24.8. The molecule has 5 heteroatoms. The van der Waals surface area contributed by atoms with Crippen LogP contribution in [0.3, 0.4) is 0 Å². The predicted molar refractivity (Wildman–Crippen MR) is 69.2 cm³/mol. The molecule has 1 heterocycles. The van der Waals surface area contributed by atoms with Crippen LogP contribution in [0.25, 0.3) is 0 Å². The van der Waals surface area contributed by atoms with E-state index in [1.807, 2.05) is 6.92 Å². The first-order chi connectivity index (χ1) is 8.06. The summed E-state index contributed by atoms with van der Waals surface area (Å²) in [5.74, 6) is -0.246. The minimum atomic E-state index is -0.408. The van der Waals surface area contributed by atoms with E-state index in [4.69, 9.17) is 15.2 Å². The molecule has 1 aromatic rings.